The largest absolute Gasteiger partial charge is 0.330 e. The first-order valence-electron chi connectivity index (χ1n) is 7.46. The van der Waals surface area contributed by atoms with Gasteiger partial charge in [0, 0.05) is 10.7 Å². The van der Waals surface area contributed by atoms with Crippen molar-refractivity contribution in [3.8, 4) is 0 Å². The number of anilines is 1. The van der Waals surface area contributed by atoms with E-state index in [-0.39, 0.29) is 0 Å². The maximum Gasteiger partial charge on any atom is 0.211 e. The van der Waals surface area contributed by atoms with Gasteiger partial charge in [0.25, 0.3) is 0 Å². The molecular formula is C16H26ClN3O. The molecular weight excluding hydrogens is 286 g/mol. The zero-order chi connectivity index (χ0) is 15.7. The smallest absolute Gasteiger partial charge is 0.211 e. The molecule has 1 aliphatic rings. The third-order valence-electron chi connectivity index (χ3n) is 3.83. The number of nitrogens with two attached hydrogens (primary N) is 2. The lowest BCUT2D eigenvalue weighted by atomic mass is 9.81. The molecule has 0 saturated heterocycles. The van der Waals surface area contributed by atoms with E-state index in [4.69, 9.17) is 23.1 Å². The van der Waals surface area contributed by atoms with Crippen LogP contribution in [-0.2, 0) is 4.79 Å². The summed E-state index contributed by atoms with van der Waals surface area (Å²) >= 11 is 5.73. The molecule has 2 rings (SSSR count). The summed E-state index contributed by atoms with van der Waals surface area (Å²) in [6.45, 7) is 3.63. The van der Waals surface area contributed by atoms with Gasteiger partial charge in [0.05, 0.1) is 0 Å². The van der Waals surface area contributed by atoms with E-state index >= 15 is 0 Å². The number of nitrogens with one attached hydrogen (secondary N) is 1. The van der Waals surface area contributed by atoms with Crippen LogP contribution >= 0.6 is 11.6 Å². The maximum absolute atomic E-state index is 10.0. The Morgan fingerprint density at radius 2 is 1.86 bits per heavy atom. The molecule has 2 atom stereocenters. The van der Waals surface area contributed by atoms with Crippen LogP contribution in [0.25, 0.3) is 0 Å². The average molecular weight is 312 g/mol. The van der Waals surface area contributed by atoms with Crippen LogP contribution in [0.2, 0.25) is 5.02 Å². The molecule has 1 saturated carbocycles. The lowest BCUT2D eigenvalue weighted by molar-refractivity contribution is -0.105. The van der Waals surface area contributed by atoms with E-state index in [1.165, 1.54) is 25.7 Å². The third-order valence-corrected chi connectivity index (χ3v) is 4.04. The van der Waals surface area contributed by atoms with Gasteiger partial charge in [-0.3, -0.25) is 4.79 Å². The van der Waals surface area contributed by atoms with Crippen molar-refractivity contribution in [3.05, 3.63) is 28.8 Å². The number of hydrogen-bond acceptors (Lipinski definition) is 3. The highest BCUT2D eigenvalue weighted by molar-refractivity contribution is 6.31. The van der Waals surface area contributed by atoms with E-state index in [1.54, 1.807) is 6.07 Å². The van der Waals surface area contributed by atoms with Crippen molar-refractivity contribution in [1.82, 2.24) is 0 Å². The molecule has 5 N–H and O–H groups in total. The first-order chi connectivity index (χ1) is 10.1. The molecule has 0 radical (unpaired) electrons. The maximum atomic E-state index is 10.0. The van der Waals surface area contributed by atoms with Gasteiger partial charge in [-0.25, -0.2) is 0 Å². The molecule has 0 bridgehead atoms. The van der Waals surface area contributed by atoms with E-state index in [0.29, 0.717) is 11.4 Å². The third kappa shape index (κ3) is 6.93. The lowest BCUT2D eigenvalue weighted by Gasteiger charge is -2.26. The van der Waals surface area contributed by atoms with Crippen molar-refractivity contribution in [2.24, 2.45) is 23.3 Å². The van der Waals surface area contributed by atoms with Crippen molar-refractivity contribution in [3.63, 3.8) is 0 Å². The number of amides is 1. The molecule has 1 aromatic carbocycles. The Bertz CT molecular complexity index is 409. The Hall–Kier alpha value is -1.10. The van der Waals surface area contributed by atoms with Crippen LogP contribution in [0.3, 0.4) is 0 Å². The number of halogens is 1. The number of aryl methyl sites for hydroxylation is 1. The Morgan fingerprint density at radius 3 is 2.33 bits per heavy atom. The van der Waals surface area contributed by atoms with E-state index in [2.05, 4.69) is 5.32 Å². The highest BCUT2D eigenvalue weighted by atomic mass is 35.5. The molecule has 0 aliphatic heterocycles. The molecule has 21 heavy (non-hydrogen) atoms. The van der Waals surface area contributed by atoms with Gasteiger partial charge in [-0.2, -0.15) is 0 Å². The number of carbonyl (C=O) groups excluding carboxylic acids is 1. The number of rotatable bonds is 4. The molecule has 118 valence electrons. The fourth-order valence-electron chi connectivity index (χ4n) is 2.72. The summed E-state index contributed by atoms with van der Waals surface area (Å²) in [5, 5.41) is 3.16. The molecule has 0 heterocycles. The number of benzene rings is 1. The van der Waals surface area contributed by atoms with Gasteiger partial charge in [-0.15, -0.1) is 0 Å². The molecule has 4 nitrogen and oxygen atoms in total. The van der Waals surface area contributed by atoms with Crippen LogP contribution in [0.4, 0.5) is 5.69 Å². The predicted molar refractivity (Wildman–Crippen MR) is 89.4 cm³/mol. The fraction of sp³-hybridized carbons (Fsp3) is 0.562. The summed E-state index contributed by atoms with van der Waals surface area (Å²) in [4.78, 5) is 10.0. The monoisotopic (exact) mass is 311 g/mol. The highest BCUT2D eigenvalue weighted by Gasteiger charge is 2.19. The van der Waals surface area contributed by atoms with Crippen LogP contribution in [0.5, 0.6) is 0 Å². The fourth-order valence-corrected chi connectivity index (χ4v) is 3.01. The standard InChI is InChI=1S/C8H8ClNO.C8H18N2/c1-6-2-7(9)4-8(3-6)10-5-11;9-5-7-2-1-3-8(4-7)6-10/h2-5H,1H3,(H,10,11);7-8H,1-6,9-10H2. The van der Waals surface area contributed by atoms with Gasteiger partial charge < -0.3 is 16.8 Å². The van der Waals surface area contributed by atoms with Crippen molar-refractivity contribution in [2.75, 3.05) is 18.4 Å². The second kappa shape index (κ2) is 9.77. The number of carbonyl (C=O) groups is 1. The van der Waals surface area contributed by atoms with Gasteiger partial charge in [0.2, 0.25) is 6.41 Å². The van der Waals surface area contributed by atoms with Crippen LogP contribution in [-0.4, -0.2) is 19.5 Å². The normalized spacial score (nSPS) is 21.1. The molecule has 5 heteroatoms. The minimum atomic E-state index is 0.630. The first-order valence-corrected chi connectivity index (χ1v) is 7.84. The van der Waals surface area contributed by atoms with Gasteiger partial charge in [0.1, 0.15) is 0 Å². The minimum absolute atomic E-state index is 0.630. The summed E-state index contributed by atoms with van der Waals surface area (Å²) in [6.07, 6.45) is 5.89. The van der Waals surface area contributed by atoms with Crippen molar-refractivity contribution in [1.29, 1.82) is 0 Å². The summed E-state index contributed by atoms with van der Waals surface area (Å²) < 4.78 is 0. The quantitative estimate of drug-likeness (QED) is 0.748. The second-order valence-corrected chi connectivity index (χ2v) is 6.09. The SMILES string of the molecule is Cc1cc(Cl)cc(NC=O)c1.NCC1CCCC(CN)C1. The van der Waals surface area contributed by atoms with Crippen LogP contribution in [0.15, 0.2) is 18.2 Å². The summed E-state index contributed by atoms with van der Waals surface area (Å²) in [6, 6.07) is 5.38. The Kier molecular flexibility index (Phi) is 8.35. The second-order valence-electron chi connectivity index (χ2n) is 5.65. The topological polar surface area (TPSA) is 81.1 Å². The zero-order valence-electron chi connectivity index (χ0n) is 12.6. The molecule has 1 fully saturated rings. The summed E-state index contributed by atoms with van der Waals surface area (Å²) in [5.74, 6) is 1.53. The summed E-state index contributed by atoms with van der Waals surface area (Å²) in [5.41, 5.74) is 12.9. The van der Waals surface area contributed by atoms with Gasteiger partial charge in [0.15, 0.2) is 0 Å². The van der Waals surface area contributed by atoms with Gasteiger partial charge in [-0.1, -0.05) is 18.0 Å². The first kappa shape index (κ1) is 18.0. The van der Waals surface area contributed by atoms with Crippen molar-refractivity contribution >= 4 is 23.7 Å². The predicted octanol–water partition coefficient (Wildman–Crippen LogP) is 2.93. The van der Waals surface area contributed by atoms with Gasteiger partial charge in [-0.05, 0) is 74.9 Å². The Morgan fingerprint density at radius 1 is 1.24 bits per heavy atom. The minimum Gasteiger partial charge on any atom is -0.330 e. The van der Waals surface area contributed by atoms with Crippen LogP contribution in [0.1, 0.15) is 31.2 Å². The van der Waals surface area contributed by atoms with E-state index < -0.39 is 0 Å². The van der Waals surface area contributed by atoms with E-state index in [9.17, 15) is 4.79 Å². The van der Waals surface area contributed by atoms with Gasteiger partial charge >= 0.3 is 0 Å². The highest BCUT2D eigenvalue weighted by Crippen LogP contribution is 2.27. The zero-order valence-corrected chi connectivity index (χ0v) is 13.4. The molecule has 1 amide bonds. The summed E-state index contributed by atoms with van der Waals surface area (Å²) in [7, 11) is 0. The van der Waals surface area contributed by atoms with Crippen LogP contribution < -0.4 is 16.8 Å². The van der Waals surface area contributed by atoms with E-state index in [1.807, 2.05) is 19.1 Å². The van der Waals surface area contributed by atoms with E-state index in [0.717, 1.165) is 36.2 Å². The average Bonchev–Trinajstić information content (AvgIpc) is 2.47. The Balaban J connectivity index is 0.000000211. The number of hydrogen-bond donors (Lipinski definition) is 3. The molecule has 0 aromatic heterocycles. The van der Waals surface area contributed by atoms with Crippen molar-refractivity contribution < 1.29 is 4.79 Å². The molecule has 2 unspecified atom stereocenters. The lowest BCUT2D eigenvalue weighted by Crippen LogP contribution is -2.26. The van der Waals surface area contributed by atoms with Crippen LogP contribution in [0, 0.1) is 18.8 Å². The van der Waals surface area contributed by atoms with Crippen molar-refractivity contribution in [2.45, 2.75) is 32.6 Å². The molecule has 0 spiro atoms. The molecule has 1 aliphatic carbocycles. The Labute approximate surface area is 132 Å². The molecule has 1 aromatic rings.